The number of benzene rings is 2. The van der Waals surface area contributed by atoms with Gasteiger partial charge in [-0.15, -0.1) is 0 Å². The van der Waals surface area contributed by atoms with Gasteiger partial charge in [0.2, 0.25) is 0 Å². The molecule has 3 nitrogen and oxygen atoms in total. The van der Waals surface area contributed by atoms with Crippen molar-refractivity contribution in [2.24, 2.45) is 0 Å². The monoisotopic (exact) mass is 499 g/mol. The van der Waals surface area contributed by atoms with Crippen molar-refractivity contribution < 1.29 is 13.9 Å². The molecule has 3 rings (SSSR count). The Balaban J connectivity index is 1.73. The third kappa shape index (κ3) is 4.44. The molecule has 1 aliphatic rings. The molecule has 134 valence electrons. The fraction of sp³-hybridized carbons (Fsp3) is 0.158. The molecule has 0 bridgehead atoms. The minimum Gasteiger partial charge on any atom is -0.488 e. The van der Waals surface area contributed by atoms with E-state index in [1.807, 2.05) is 37.3 Å². The van der Waals surface area contributed by atoms with Crippen LogP contribution in [0.3, 0.4) is 0 Å². The Morgan fingerprint density at radius 2 is 2.12 bits per heavy atom. The first kappa shape index (κ1) is 19.3. The Bertz CT molecular complexity index is 901. The lowest BCUT2D eigenvalue weighted by Crippen LogP contribution is -2.27. The molecule has 0 aliphatic carbocycles. The van der Waals surface area contributed by atoms with Crippen LogP contribution >= 0.6 is 46.6 Å². The van der Waals surface area contributed by atoms with Crippen LogP contribution in [-0.2, 0) is 11.4 Å². The molecule has 1 fully saturated rings. The van der Waals surface area contributed by atoms with Crippen molar-refractivity contribution in [2.45, 2.75) is 13.5 Å². The summed E-state index contributed by atoms with van der Waals surface area (Å²) in [6.45, 7) is 2.77. The van der Waals surface area contributed by atoms with Crippen molar-refractivity contribution in [1.29, 1.82) is 0 Å². The minimum absolute atomic E-state index is 0.0519. The van der Waals surface area contributed by atoms with Crippen LogP contribution in [0, 0.1) is 9.39 Å². The predicted molar refractivity (Wildman–Crippen MR) is 115 cm³/mol. The van der Waals surface area contributed by atoms with E-state index in [1.165, 1.54) is 23.9 Å². The number of hydrogen-bond donors (Lipinski definition) is 0. The van der Waals surface area contributed by atoms with E-state index in [-0.39, 0.29) is 11.7 Å². The summed E-state index contributed by atoms with van der Waals surface area (Å²) in [5.41, 5.74) is 1.68. The Morgan fingerprint density at radius 3 is 2.77 bits per heavy atom. The van der Waals surface area contributed by atoms with Crippen LogP contribution in [0.4, 0.5) is 4.39 Å². The van der Waals surface area contributed by atoms with Gasteiger partial charge in [-0.25, -0.2) is 4.39 Å². The van der Waals surface area contributed by atoms with E-state index < -0.39 is 0 Å². The average Bonchev–Trinajstić information content (AvgIpc) is 2.87. The highest BCUT2D eigenvalue weighted by Gasteiger charge is 2.30. The summed E-state index contributed by atoms with van der Waals surface area (Å²) in [5, 5.41) is 0. The average molecular weight is 499 g/mol. The smallest absolute Gasteiger partial charge is 0.266 e. The number of carbonyl (C=O) groups is 1. The van der Waals surface area contributed by atoms with Crippen LogP contribution < -0.4 is 4.74 Å². The second-order valence-electron chi connectivity index (χ2n) is 5.53. The van der Waals surface area contributed by atoms with Crippen LogP contribution in [0.1, 0.15) is 18.1 Å². The largest absolute Gasteiger partial charge is 0.488 e. The van der Waals surface area contributed by atoms with Gasteiger partial charge in [-0.2, -0.15) is 0 Å². The summed E-state index contributed by atoms with van der Waals surface area (Å²) >= 11 is 8.73. The van der Waals surface area contributed by atoms with Gasteiger partial charge in [0.1, 0.15) is 22.5 Å². The fourth-order valence-electron chi connectivity index (χ4n) is 2.44. The number of halogens is 2. The van der Waals surface area contributed by atoms with Gasteiger partial charge >= 0.3 is 0 Å². The summed E-state index contributed by atoms with van der Waals surface area (Å²) in [6.07, 6.45) is 1.84. The molecule has 26 heavy (non-hydrogen) atoms. The lowest BCUT2D eigenvalue weighted by atomic mass is 10.2. The lowest BCUT2D eigenvalue weighted by Gasteiger charge is -2.10. The number of likely N-dealkylation sites (N-methyl/N-ethyl adjacent to an activating group) is 1. The Hall–Kier alpha value is -1.45. The van der Waals surface area contributed by atoms with Crippen LogP contribution in [0.2, 0.25) is 0 Å². The summed E-state index contributed by atoms with van der Waals surface area (Å²) in [6, 6.07) is 12.0. The van der Waals surface area contributed by atoms with Gasteiger partial charge in [-0.1, -0.05) is 42.2 Å². The molecule has 7 heteroatoms. The van der Waals surface area contributed by atoms with Crippen molar-refractivity contribution in [3.8, 4) is 5.75 Å². The summed E-state index contributed by atoms with van der Waals surface area (Å²) in [4.78, 5) is 14.5. The highest BCUT2D eigenvalue weighted by atomic mass is 127. The summed E-state index contributed by atoms with van der Waals surface area (Å²) in [5.74, 6) is 0.387. The van der Waals surface area contributed by atoms with Crippen LogP contribution in [-0.4, -0.2) is 21.7 Å². The normalized spacial score (nSPS) is 15.8. The quantitative estimate of drug-likeness (QED) is 0.320. The first-order chi connectivity index (χ1) is 12.5. The molecule has 0 atom stereocenters. The van der Waals surface area contributed by atoms with E-state index in [2.05, 4.69) is 22.6 Å². The van der Waals surface area contributed by atoms with E-state index in [9.17, 15) is 9.18 Å². The van der Waals surface area contributed by atoms with Crippen molar-refractivity contribution in [3.05, 3.63) is 67.9 Å². The number of amides is 1. The maximum atomic E-state index is 13.2. The number of hydrogen-bond acceptors (Lipinski definition) is 4. The van der Waals surface area contributed by atoms with Gasteiger partial charge in [-0.05, 0) is 71.0 Å². The molecule has 0 aromatic heterocycles. The molecule has 1 amide bonds. The predicted octanol–water partition coefficient (Wildman–Crippen LogP) is 5.23. The SMILES string of the molecule is CCN1C(=O)C(=Cc2ccc(OCc3cccc(F)c3)c(I)c2)SC1=S. The van der Waals surface area contributed by atoms with Gasteiger partial charge in [0.05, 0.1) is 8.48 Å². The number of rotatable bonds is 5. The Morgan fingerprint density at radius 1 is 1.31 bits per heavy atom. The molecule has 0 unspecified atom stereocenters. The molecule has 0 N–H and O–H groups in total. The molecular weight excluding hydrogens is 484 g/mol. The van der Waals surface area contributed by atoms with Crippen molar-refractivity contribution in [3.63, 3.8) is 0 Å². The highest BCUT2D eigenvalue weighted by Crippen LogP contribution is 2.33. The van der Waals surface area contributed by atoms with E-state index in [0.29, 0.717) is 28.1 Å². The zero-order valence-corrected chi connectivity index (χ0v) is 17.7. The summed E-state index contributed by atoms with van der Waals surface area (Å²) < 4.78 is 20.5. The van der Waals surface area contributed by atoms with E-state index in [4.69, 9.17) is 17.0 Å². The van der Waals surface area contributed by atoms with Crippen molar-refractivity contribution >= 4 is 62.9 Å². The Labute approximate surface area is 174 Å². The minimum atomic E-state index is -0.277. The number of carbonyl (C=O) groups excluding carboxylic acids is 1. The second kappa shape index (κ2) is 8.49. The van der Waals surface area contributed by atoms with Crippen LogP contribution in [0.25, 0.3) is 6.08 Å². The molecule has 2 aromatic carbocycles. The van der Waals surface area contributed by atoms with E-state index in [1.54, 1.807) is 11.0 Å². The zero-order chi connectivity index (χ0) is 18.7. The molecule has 0 saturated carbocycles. The molecule has 1 heterocycles. The summed E-state index contributed by atoms with van der Waals surface area (Å²) in [7, 11) is 0. The van der Waals surface area contributed by atoms with Gasteiger partial charge in [0.15, 0.2) is 0 Å². The van der Waals surface area contributed by atoms with Crippen LogP contribution in [0.5, 0.6) is 5.75 Å². The number of nitrogens with zero attached hydrogens (tertiary/aromatic N) is 1. The zero-order valence-electron chi connectivity index (χ0n) is 13.9. The van der Waals surface area contributed by atoms with E-state index in [0.717, 1.165) is 14.7 Å². The molecule has 1 aliphatic heterocycles. The number of thiocarbonyl (C=S) groups is 1. The topological polar surface area (TPSA) is 29.5 Å². The third-order valence-corrected chi connectivity index (χ3v) is 5.95. The van der Waals surface area contributed by atoms with Gasteiger partial charge in [0.25, 0.3) is 5.91 Å². The fourth-order valence-corrected chi connectivity index (χ4v) is 4.52. The van der Waals surface area contributed by atoms with Crippen molar-refractivity contribution in [2.75, 3.05) is 6.54 Å². The molecule has 2 aromatic rings. The maximum Gasteiger partial charge on any atom is 0.266 e. The lowest BCUT2D eigenvalue weighted by molar-refractivity contribution is -0.121. The molecular formula is C19H15FINO2S2. The van der Waals surface area contributed by atoms with Gasteiger partial charge in [0, 0.05) is 6.54 Å². The van der Waals surface area contributed by atoms with Gasteiger partial charge < -0.3 is 4.74 Å². The first-order valence-corrected chi connectivity index (χ1v) is 10.2. The second-order valence-corrected chi connectivity index (χ2v) is 8.37. The standard InChI is InChI=1S/C19H15FINO2S2/c1-2-22-18(23)17(26-19(22)25)10-12-6-7-16(15(21)9-12)24-11-13-4-3-5-14(20)8-13/h3-10H,2,11H2,1H3. The van der Waals surface area contributed by atoms with E-state index >= 15 is 0 Å². The third-order valence-electron chi connectivity index (χ3n) is 3.73. The molecule has 0 spiro atoms. The molecule has 0 radical (unpaired) electrons. The van der Waals surface area contributed by atoms with Crippen LogP contribution in [0.15, 0.2) is 47.4 Å². The number of thioether (sulfide) groups is 1. The maximum absolute atomic E-state index is 13.2. The molecule has 1 saturated heterocycles. The first-order valence-electron chi connectivity index (χ1n) is 7.90. The Kier molecular flexibility index (Phi) is 6.31. The number of ether oxygens (including phenoxy) is 1. The van der Waals surface area contributed by atoms with Crippen molar-refractivity contribution in [1.82, 2.24) is 4.90 Å². The van der Waals surface area contributed by atoms with Gasteiger partial charge in [-0.3, -0.25) is 9.69 Å². The highest BCUT2D eigenvalue weighted by molar-refractivity contribution is 14.1.